The first-order valence-electron chi connectivity index (χ1n) is 7.19. The van der Waals surface area contributed by atoms with Crippen molar-refractivity contribution >= 4 is 22.4 Å². The van der Waals surface area contributed by atoms with Gasteiger partial charge in [0.1, 0.15) is 11.7 Å². The number of ether oxygens (including phenoxy) is 1. The molecule has 23 heavy (non-hydrogen) atoms. The van der Waals surface area contributed by atoms with Crippen LogP contribution in [0, 0.1) is 11.7 Å². The fourth-order valence-corrected chi connectivity index (χ4v) is 2.35. The molecule has 0 atom stereocenters. The van der Waals surface area contributed by atoms with Crippen molar-refractivity contribution in [2.45, 2.75) is 12.8 Å². The third-order valence-corrected chi connectivity index (χ3v) is 3.72. The number of fused-ring (bicyclic) bond motifs is 1. The molecule has 1 aliphatic rings. The molecule has 1 heterocycles. The number of allylic oxidation sites excluding steroid dienone is 1. The summed E-state index contributed by atoms with van der Waals surface area (Å²) < 4.78 is 18.6. The SMILES string of the molecule is COc1cc2cc(/N=C(N)\C=C(/N)C3CC3)[nH]c(=O)c2cc1F. The molecule has 2 aromatic rings. The van der Waals surface area contributed by atoms with Gasteiger partial charge in [-0.1, -0.05) is 0 Å². The second-order valence-corrected chi connectivity index (χ2v) is 5.51. The average molecular weight is 316 g/mol. The first-order valence-corrected chi connectivity index (χ1v) is 7.19. The highest BCUT2D eigenvalue weighted by atomic mass is 19.1. The van der Waals surface area contributed by atoms with E-state index in [1.54, 1.807) is 12.1 Å². The van der Waals surface area contributed by atoms with Crippen LogP contribution in [0.5, 0.6) is 5.75 Å². The van der Waals surface area contributed by atoms with Crippen LogP contribution in [0.1, 0.15) is 12.8 Å². The minimum Gasteiger partial charge on any atom is -0.494 e. The summed E-state index contributed by atoms with van der Waals surface area (Å²) in [5, 5.41) is 0.728. The molecule has 0 radical (unpaired) electrons. The van der Waals surface area contributed by atoms with Crippen molar-refractivity contribution < 1.29 is 9.13 Å². The van der Waals surface area contributed by atoms with E-state index in [0.717, 1.165) is 18.9 Å². The number of halogens is 1. The summed E-state index contributed by atoms with van der Waals surface area (Å²) in [5.41, 5.74) is 12.0. The van der Waals surface area contributed by atoms with E-state index in [0.29, 0.717) is 17.0 Å². The molecule has 7 heteroatoms. The molecule has 0 spiro atoms. The lowest BCUT2D eigenvalue weighted by atomic mass is 10.1. The maximum Gasteiger partial charge on any atom is 0.257 e. The van der Waals surface area contributed by atoms with Crippen LogP contribution in [0.2, 0.25) is 0 Å². The van der Waals surface area contributed by atoms with Crippen LogP contribution in [0.15, 0.2) is 39.8 Å². The highest BCUT2D eigenvalue weighted by Gasteiger charge is 2.23. The monoisotopic (exact) mass is 316 g/mol. The standard InChI is InChI=1S/C16H17FN4O2/c1-23-13-4-9-5-15(21-16(22)10(9)6-11(13)17)20-14(19)7-12(18)8-2-3-8/h4-8H,2-3,18H2,1H3,(H3,19,20,21,22)/b12-7-. The van der Waals surface area contributed by atoms with Gasteiger partial charge >= 0.3 is 0 Å². The van der Waals surface area contributed by atoms with Crippen molar-refractivity contribution in [1.29, 1.82) is 0 Å². The Labute approximate surface area is 131 Å². The van der Waals surface area contributed by atoms with Crippen LogP contribution < -0.4 is 21.8 Å². The third-order valence-electron chi connectivity index (χ3n) is 3.72. The molecule has 1 aliphatic carbocycles. The van der Waals surface area contributed by atoms with Gasteiger partial charge in [-0.15, -0.1) is 0 Å². The maximum atomic E-state index is 13.7. The number of methoxy groups -OCH3 is 1. The van der Waals surface area contributed by atoms with Gasteiger partial charge in [0.2, 0.25) is 0 Å². The van der Waals surface area contributed by atoms with E-state index >= 15 is 0 Å². The quantitative estimate of drug-likeness (QED) is 0.591. The van der Waals surface area contributed by atoms with Crippen LogP contribution in [0.3, 0.4) is 0 Å². The average Bonchev–Trinajstić information content (AvgIpc) is 3.32. The molecule has 3 rings (SSSR count). The zero-order valence-corrected chi connectivity index (χ0v) is 12.6. The Morgan fingerprint density at radius 2 is 2.13 bits per heavy atom. The van der Waals surface area contributed by atoms with Crippen LogP contribution in [-0.4, -0.2) is 17.9 Å². The van der Waals surface area contributed by atoms with E-state index < -0.39 is 11.4 Å². The number of amidine groups is 1. The number of nitrogens with two attached hydrogens (primary N) is 2. The smallest absolute Gasteiger partial charge is 0.257 e. The lowest BCUT2D eigenvalue weighted by molar-refractivity contribution is 0.387. The summed E-state index contributed by atoms with van der Waals surface area (Å²) in [5.74, 6) is 0.323. The Kier molecular flexibility index (Phi) is 3.77. The summed E-state index contributed by atoms with van der Waals surface area (Å²) in [4.78, 5) is 18.8. The van der Waals surface area contributed by atoms with Gasteiger partial charge in [-0.05, 0) is 48.4 Å². The number of nitrogens with zero attached hydrogens (tertiary/aromatic N) is 1. The molecule has 0 bridgehead atoms. The third kappa shape index (κ3) is 3.18. The van der Waals surface area contributed by atoms with E-state index in [1.807, 2.05) is 0 Å². The van der Waals surface area contributed by atoms with Gasteiger partial charge in [0.15, 0.2) is 11.6 Å². The Bertz CT molecular complexity index is 882. The van der Waals surface area contributed by atoms with E-state index in [1.165, 1.54) is 13.2 Å². The van der Waals surface area contributed by atoms with Crippen molar-refractivity contribution in [2.24, 2.45) is 22.4 Å². The number of H-pyrrole nitrogens is 1. The molecule has 1 aromatic heterocycles. The van der Waals surface area contributed by atoms with Crippen LogP contribution in [-0.2, 0) is 0 Å². The molecular formula is C16H17FN4O2. The molecule has 1 fully saturated rings. The molecule has 1 aromatic carbocycles. The Balaban J connectivity index is 2.03. The fraction of sp³-hybridized carbons (Fsp3) is 0.250. The summed E-state index contributed by atoms with van der Waals surface area (Å²) in [7, 11) is 1.36. The number of hydrogen-bond acceptors (Lipinski definition) is 4. The van der Waals surface area contributed by atoms with E-state index in [-0.39, 0.29) is 22.8 Å². The van der Waals surface area contributed by atoms with Crippen molar-refractivity contribution in [2.75, 3.05) is 7.11 Å². The second-order valence-electron chi connectivity index (χ2n) is 5.51. The van der Waals surface area contributed by atoms with Gasteiger partial charge < -0.3 is 21.2 Å². The van der Waals surface area contributed by atoms with Crippen molar-refractivity contribution in [1.82, 2.24) is 4.98 Å². The van der Waals surface area contributed by atoms with Crippen molar-refractivity contribution in [3.63, 3.8) is 0 Å². The van der Waals surface area contributed by atoms with Crippen molar-refractivity contribution in [3.05, 3.63) is 46.1 Å². The number of aromatic nitrogens is 1. The predicted molar refractivity (Wildman–Crippen MR) is 87.4 cm³/mol. The molecule has 0 amide bonds. The molecule has 0 saturated heterocycles. The highest BCUT2D eigenvalue weighted by molar-refractivity contribution is 5.94. The highest BCUT2D eigenvalue weighted by Crippen LogP contribution is 2.33. The van der Waals surface area contributed by atoms with Gasteiger partial charge in [-0.2, -0.15) is 0 Å². The molecule has 0 unspecified atom stereocenters. The lowest BCUT2D eigenvalue weighted by Gasteiger charge is -2.05. The van der Waals surface area contributed by atoms with Gasteiger partial charge in [0, 0.05) is 5.70 Å². The zero-order valence-electron chi connectivity index (χ0n) is 12.6. The number of aromatic amines is 1. The normalized spacial score (nSPS) is 15.9. The number of pyridine rings is 1. The van der Waals surface area contributed by atoms with Crippen LogP contribution in [0.4, 0.5) is 10.2 Å². The number of rotatable bonds is 4. The number of hydrogen-bond donors (Lipinski definition) is 3. The fourth-order valence-electron chi connectivity index (χ4n) is 2.35. The summed E-state index contributed by atoms with van der Waals surface area (Å²) >= 11 is 0. The van der Waals surface area contributed by atoms with Gasteiger partial charge in [0.25, 0.3) is 5.56 Å². The number of nitrogens with one attached hydrogen (secondary N) is 1. The molecule has 120 valence electrons. The molecular weight excluding hydrogens is 299 g/mol. The summed E-state index contributed by atoms with van der Waals surface area (Å²) in [6.45, 7) is 0. The van der Waals surface area contributed by atoms with Crippen LogP contribution >= 0.6 is 0 Å². The first kappa shape index (κ1) is 15.1. The Hall–Kier alpha value is -2.83. The number of aliphatic imine (C=N–C) groups is 1. The van der Waals surface area contributed by atoms with Gasteiger partial charge in [-0.3, -0.25) is 4.79 Å². The Morgan fingerprint density at radius 1 is 1.39 bits per heavy atom. The predicted octanol–water partition coefficient (Wildman–Crippen LogP) is 1.92. The van der Waals surface area contributed by atoms with E-state index in [9.17, 15) is 9.18 Å². The number of benzene rings is 1. The zero-order chi connectivity index (χ0) is 16.6. The van der Waals surface area contributed by atoms with Crippen molar-refractivity contribution in [3.8, 4) is 5.75 Å². The van der Waals surface area contributed by atoms with Crippen LogP contribution in [0.25, 0.3) is 10.8 Å². The first-order chi connectivity index (χ1) is 11.0. The minimum absolute atomic E-state index is 0.0591. The molecule has 6 nitrogen and oxygen atoms in total. The van der Waals surface area contributed by atoms with E-state index in [2.05, 4.69) is 9.98 Å². The molecule has 1 saturated carbocycles. The topological polar surface area (TPSA) is 106 Å². The molecule has 0 aliphatic heterocycles. The second kappa shape index (κ2) is 5.75. The summed E-state index contributed by atoms with van der Waals surface area (Å²) in [6.07, 6.45) is 3.73. The summed E-state index contributed by atoms with van der Waals surface area (Å²) in [6, 6.07) is 4.19. The van der Waals surface area contributed by atoms with Gasteiger partial charge in [-0.25, -0.2) is 9.38 Å². The Morgan fingerprint density at radius 3 is 2.78 bits per heavy atom. The lowest BCUT2D eigenvalue weighted by Crippen LogP contribution is -2.13. The van der Waals surface area contributed by atoms with E-state index in [4.69, 9.17) is 16.2 Å². The maximum absolute atomic E-state index is 13.7. The van der Waals surface area contributed by atoms with Gasteiger partial charge in [0.05, 0.1) is 12.5 Å². The molecule has 5 N–H and O–H groups in total. The minimum atomic E-state index is -0.596. The largest absolute Gasteiger partial charge is 0.494 e.